The molecule has 1 N–H and O–H groups in total. The van der Waals surface area contributed by atoms with Crippen LogP contribution in [0.2, 0.25) is 5.15 Å². The van der Waals surface area contributed by atoms with Crippen LogP contribution < -0.4 is 10.1 Å². The van der Waals surface area contributed by atoms with Gasteiger partial charge in [-0.2, -0.15) is 0 Å². The molecule has 0 aliphatic rings. The van der Waals surface area contributed by atoms with Crippen LogP contribution in [0.5, 0.6) is 5.75 Å². The summed E-state index contributed by atoms with van der Waals surface area (Å²) in [4.78, 5) is 15.9. The number of amides is 1. The van der Waals surface area contributed by atoms with Gasteiger partial charge in [0, 0.05) is 6.20 Å². The summed E-state index contributed by atoms with van der Waals surface area (Å²) >= 11 is 6.94. The smallest absolute Gasteiger partial charge is 0.277 e. The first-order valence-electron chi connectivity index (χ1n) is 7.80. The average molecular weight is 409 g/mol. The van der Waals surface area contributed by atoms with Crippen molar-refractivity contribution < 1.29 is 18.3 Å². The molecule has 0 fully saturated rings. The Labute approximate surface area is 163 Å². The zero-order valence-corrected chi connectivity index (χ0v) is 15.6. The molecule has 1 atom stereocenters. The second-order valence-electron chi connectivity index (χ2n) is 5.28. The first-order valence-corrected chi connectivity index (χ1v) is 9.17. The van der Waals surface area contributed by atoms with Crippen molar-refractivity contribution in [2.75, 3.05) is 11.1 Å². The first kappa shape index (κ1) is 19.1. The Hall–Kier alpha value is -2.65. The molecule has 0 radical (unpaired) electrons. The molecule has 0 bridgehead atoms. The number of carbonyl (C=O) groups is 1. The molecule has 0 unspecified atom stereocenters. The van der Waals surface area contributed by atoms with Crippen LogP contribution in [0, 0.1) is 5.82 Å². The maximum absolute atomic E-state index is 13.6. The minimum Gasteiger partial charge on any atom is -0.478 e. The number of para-hydroxylation sites is 1. The van der Waals surface area contributed by atoms with Gasteiger partial charge in [0.25, 0.3) is 11.1 Å². The van der Waals surface area contributed by atoms with Gasteiger partial charge in [0.05, 0.1) is 11.4 Å². The standard InChI is InChI=1S/C17H14ClFN4O3S/c1-10(25-13-7-3-2-5-11(13)19)16-22-23-17(26-16)27-9-14(24)21-12-6-4-8-20-15(12)18/h2-8,10H,9H2,1H3,(H,21,24)/t10-/m1/s1. The lowest BCUT2D eigenvalue weighted by Gasteiger charge is -2.11. The Morgan fingerprint density at radius 3 is 2.93 bits per heavy atom. The van der Waals surface area contributed by atoms with E-state index >= 15 is 0 Å². The quantitative estimate of drug-likeness (QED) is 0.464. The van der Waals surface area contributed by atoms with Gasteiger partial charge in [-0.15, -0.1) is 10.2 Å². The molecule has 0 aliphatic heterocycles. The van der Waals surface area contributed by atoms with Crippen molar-refractivity contribution in [1.82, 2.24) is 15.2 Å². The van der Waals surface area contributed by atoms with Gasteiger partial charge < -0.3 is 14.5 Å². The Morgan fingerprint density at radius 1 is 1.33 bits per heavy atom. The van der Waals surface area contributed by atoms with Crippen LogP contribution in [-0.4, -0.2) is 26.8 Å². The summed E-state index contributed by atoms with van der Waals surface area (Å²) in [6.07, 6.45) is 0.879. The summed E-state index contributed by atoms with van der Waals surface area (Å²) < 4.78 is 24.6. The highest BCUT2D eigenvalue weighted by atomic mass is 35.5. The second-order valence-corrected chi connectivity index (χ2v) is 6.56. The highest BCUT2D eigenvalue weighted by Crippen LogP contribution is 2.26. The fourth-order valence-electron chi connectivity index (χ4n) is 2.02. The summed E-state index contributed by atoms with van der Waals surface area (Å²) in [7, 11) is 0. The van der Waals surface area contributed by atoms with Crippen molar-refractivity contribution in [3.05, 3.63) is 59.5 Å². The zero-order chi connectivity index (χ0) is 19.2. The summed E-state index contributed by atoms with van der Waals surface area (Å²) in [5, 5.41) is 10.8. The second kappa shape index (κ2) is 8.83. The molecular weight excluding hydrogens is 395 g/mol. The highest BCUT2D eigenvalue weighted by Gasteiger charge is 2.18. The van der Waals surface area contributed by atoms with Crippen molar-refractivity contribution in [1.29, 1.82) is 0 Å². The van der Waals surface area contributed by atoms with Crippen molar-refractivity contribution >= 4 is 35.0 Å². The number of ether oxygens (including phenoxy) is 1. The van der Waals surface area contributed by atoms with Gasteiger partial charge in [-0.1, -0.05) is 35.5 Å². The number of rotatable bonds is 7. The van der Waals surface area contributed by atoms with Crippen LogP contribution >= 0.6 is 23.4 Å². The van der Waals surface area contributed by atoms with E-state index in [-0.39, 0.29) is 33.7 Å². The number of thioether (sulfide) groups is 1. The lowest BCUT2D eigenvalue weighted by atomic mass is 10.3. The Morgan fingerprint density at radius 2 is 2.15 bits per heavy atom. The fraction of sp³-hybridized carbons (Fsp3) is 0.176. The third-order valence-corrected chi connectivity index (χ3v) is 4.39. The van der Waals surface area contributed by atoms with E-state index in [4.69, 9.17) is 20.8 Å². The molecule has 10 heteroatoms. The number of nitrogens with zero attached hydrogens (tertiary/aromatic N) is 3. The lowest BCUT2D eigenvalue weighted by Crippen LogP contribution is -2.14. The minimum absolute atomic E-state index is 0.0371. The van der Waals surface area contributed by atoms with Crippen molar-refractivity contribution in [3.8, 4) is 5.75 Å². The molecule has 3 rings (SSSR count). The molecule has 7 nitrogen and oxygen atoms in total. The molecule has 27 heavy (non-hydrogen) atoms. The molecule has 0 saturated carbocycles. The normalized spacial score (nSPS) is 11.8. The molecule has 1 aromatic carbocycles. The number of hydrogen-bond donors (Lipinski definition) is 1. The van der Waals surface area contributed by atoms with Crippen LogP contribution in [-0.2, 0) is 4.79 Å². The van der Waals surface area contributed by atoms with Gasteiger partial charge in [0.15, 0.2) is 22.8 Å². The van der Waals surface area contributed by atoms with Gasteiger partial charge in [-0.3, -0.25) is 4.79 Å². The Bertz CT molecular complexity index is 940. The number of halogens is 2. The van der Waals surface area contributed by atoms with E-state index in [1.807, 2.05) is 0 Å². The fourth-order valence-corrected chi connectivity index (χ4v) is 2.75. The largest absolute Gasteiger partial charge is 0.478 e. The third-order valence-electron chi connectivity index (χ3n) is 3.27. The van der Waals surface area contributed by atoms with Crippen LogP contribution in [0.3, 0.4) is 0 Å². The van der Waals surface area contributed by atoms with E-state index in [0.717, 1.165) is 11.8 Å². The Balaban J connectivity index is 1.54. The van der Waals surface area contributed by atoms with E-state index in [9.17, 15) is 9.18 Å². The number of anilines is 1. The predicted octanol–water partition coefficient (Wildman–Crippen LogP) is 4.13. The molecule has 0 spiro atoms. The van der Waals surface area contributed by atoms with Gasteiger partial charge >= 0.3 is 0 Å². The minimum atomic E-state index is -0.647. The third kappa shape index (κ3) is 5.18. The maximum atomic E-state index is 13.6. The molecule has 0 saturated heterocycles. The van der Waals surface area contributed by atoms with E-state index < -0.39 is 11.9 Å². The predicted molar refractivity (Wildman–Crippen MR) is 98.3 cm³/mol. The Kier molecular flexibility index (Phi) is 6.25. The number of pyridine rings is 1. The number of hydrogen-bond acceptors (Lipinski definition) is 7. The molecule has 1 amide bonds. The molecule has 2 aromatic heterocycles. The molecule has 2 heterocycles. The first-order chi connectivity index (χ1) is 13.0. The number of nitrogens with one attached hydrogen (secondary N) is 1. The topological polar surface area (TPSA) is 90.1 Å². The average Bonchev–Trinajstić information content (AvgIpc) is 3.13. The summed E-state index contributed by atoms with van der Waals surface area (Å²) in [6.45, 7) is 1.66. The van der Waals surface area contributed by atoms with Gasteiger partial charge in [0.2, 0.25) is 5.91 Å². The maximum Gasteiger partial charge on any atom is 0.277 e. The van der Waals surface area contributed by atoms with Crippen molar-refractivity contribution in [3.63, 3.8) is 0 Å². The lowest BCUT2D eigenvalue weighted by molar-refractivity contribution is -0.113. The van der Waals surface area contributed by atoms with E-state index in [1.54, 1.807) is 31.2 Å². The molecule has 0 aliphatic carbocycles. The van der Waals surface area contributed by atoms with E-state index in [0.29, 0.717) is 5.69 Å². The highest BCUT2D eigenvalue weighted by molar-refractivity contribution is 7.99. The van der Waals surface area contributed by atoms with E-state index in [2.05, 4.69) is 20.5 Å². The van der Waals surface area contributed by atoms with Crippen molar-refractivity contribution in [2.45, 2.75) is 18.3 Å². The molecule has 3 aromatic rings. The van der Waals surface area contributed by atoms with Crippen LogP contribution in [0.25, 0.3) is 0 Å². The summed E-state index contributed by atoms with van der Waals surface area (Å²) in [5.41, 5.74) is 0.419. The van der Waals surface area contributed by atoms with Crippen LogP contribution in [0.15, 0.2) is 52.2 Å². The van der Waals surface area contributed by atoms with Gasteiger partial charge in [-0.05, 0) is 31.2 Å². The van der Waals surface area contributed by atoms with Crippen molar-refractivity contribution in [2.24, 2.45) is 0 Å². The molecule has 140 valence electrons. The molecular formula is C17H14ClFN4O3S. The summed E-state index contributed by atoms with van der Waals surface area (Å²) in [6, 6.07) is 9.34. The SMILES string of the molecule is C[C@@H](Oc1ccccc1F)c1nnc(SCC(=O)Nc2cccnc2Cl)o1. The summed E-state index contributed by atoms with van der Waals surface area (Å²) in [5.74, 6) is -0.480. The number of benzene rings is 1. The zero-order valence-electron chi connectivity index (χ0n) is 14.1. The van der Waals surface area contributed by atoms with E-state index in [1.165, 1.54) is 18.3 Å². The monoisotopic (exact) mass is 408 g/mol. The van der Waals surface area contributed by atoms with Gasteiger partial charge in [-0.25, -0.2) is 9.37 Å². The van der Waals surface area contributed by atoms with Crippen LogP contribution in [0.4, 0.5) is 10.1 Å². The number of aromatic nitrogens is 3. The number of carbonyl (C=O) groups excluding carboxylic acids is 1. The van der Waals surface area contributed by atoms with Crippen LogP contribution in [0.1, 0.15) is 18.9 Å². The van der Waals surface area contributed by atoms with Gasteiger partial charge in [0.1, 0.15) is 0 Å².